The minimum absolute atomic E-state index is 0.0198. The average Bonchev–Trinajstić information content (AvgIpc) is 2.73. The minimum atomic E-state index is -0.534. The van der Waals surface area contributed by atoms with E-state index in [2.05, 4.69) is 5.32 Å². The van der Waals surface area contributed by atoms with Crippen molar-refractivity contribution < 1.29 is 18.7 Å². The molecule has 1 aliphatic heterocycles. The van der Waals surface area contributed by atoms with Crippen LogP contribution in [-0.4, -0.2) is 44.2 Å². The Balaban J connectivity index is 1.63. The number of methoxy groups -OCH3 is 2. The summed E-state index contributed by atoms with van der Waals surface area (Å²) in [4.78, 5) is 14.6. The van der Waals surface area contributed by atoms with Crippen LogP contribution in [0.5, 0.6) is 11.5 Å². The number of benzene rings is 2. The first-order valence-corrected chi connectivity index (χ1v) is 9.03. The molecule has 0 bridgehead atoms. The lowest BCUT2D eigenvalue weighted by Crippen LogP contribution is -2.42. The zero-order valence-corrected chi connectivity index (χ0v) is 15.9. The van der Waals surface area contributed by atoms with Crippen molar-refractivity contribution in [1.29, 1.82) is 5.26 Å². The van der Waals surface area contributed by atoms with Crippen LogP contribution in [0.25, 0.3) is 0 Å². The quantitative estimate of drug-likeness (QED) is 0.856. The molecule has 1 amide bonds. The van der Waals surface area contributed by atoms with Gasteiger partial charge in [0.1, 0.15) is 17.4 Å². The van der Waals surface area contributed by atoms with E-state index < -0.39 is 5.82 Å². The van der Waals surface area contributed by atoms with Crippen molar-refractivity contribution >= 4 is 11.6 Å². The maximum Gasteiger partial charge on any atom is 0.253 e. The van der Waals surface area contributed by atoms with Gasteiger partial charge in [0.15, 0.2) is 11.5 Å². The molecule has 146 valence electrons. The zero-order valence-electron chi connectivity index (χ0n) is 15.9. The lowest BCUT2D eigenvalue weighted by Gasteiger charge is -2.33. The molecular formula is C21H22FN3O3. The minimum Gasteiger partial charge on any atom is -0.493 e. The van der Waals surface area contributed by atoms with Crippen molar-refractivity contribution in [1.82, 2.24) is 4.90 Å². The number of nitrogens with one attached hydrogen (secondary N) is 1. The van der Waals surface area contributed by atoms with Gasteiger partial charge in [0.25, 0.3) is 5.91 Å². The number of nitriles is 1. The van der Waals surface area contributed by atoms with Gasteiger partial charge in [-0.2, -0.15) is 5.26 Å². The standard InChI is InChI=1S/C21H22FN3O3/c1-27-19-7-6-14(12-20(19)28-2)21(26)25-10-8-15(9-11-25)24-18-5-3-4-17(22)16(18)13-23/h3-7,12,15,24H,8-11H2,1-2H3. The Bertz CT molecular complexity index is 902. The molecule has 1 N–H and O–H groups in total. The fraction of sp³-hybridized carbons (Fsp3) is 0.333. The lowest BCUT2D eigenvalue weighted by molar-refractivity contribution is 0.0718. The summed E-state index contributed by atoms with van der Waals surface area (Å²) in [6.07, 6.45) is 1.42. The Hall–Kier alpha value is -3.27. The Morgan fingerprint density at radius 3 is 2.54 bits per heavy atom. The maximum atomic E-state index is 13.7. The van der Waals surface area contributed by atoms with E-state index in [1.54, 1.807) is 42.3 Å². The number of likely N-dealkylation sites (tertiary alicyclic amines) is 1. The number of carbonyl (C=O) groups excluding carboxylic acids is 1. The Labute approximate surface area is 163 Å². The third kappa shape index (κ3) is 4.01. The van der Waals surface area contributed by atoms with Crippen molar-refractivity contribution in [3.05, 3.63) is 53.3 Å². The summed E-state index contributed by atoms with van der Waals surface area (Å²) in [6, 6.07) is 11.6. The van der Waals surface area contributed by atoms with Gasteiger partial charge >= 0.3 is 0 Å². The van der Waals surface area contributed by atoms with Crippen LogP contribution in [0.4, 0.5) is 10.1 Å². The van der Waals surface area contributed by atoms with E-state index >= 15 is 0 Å². The number of piperidine rings is 1. The van der Waals surface area contributed by atoms with E-state index in [1.165, 1.54) is 13.2 Å². The van der Waals surface area contributed by atoms with Crippen LogP contribution < -0.4 is 14.8 Å². The highest BCUT2D eigenvalue weighted by Gasteiger charge is 2.25. The topological polar surface area (TPSA) is 74.6 Å². The molecule has 0 unspecified atom stereocenters. The van der Waals surface area contributed by atoms with Gasteiger partial charge < -0.3 is 19.7 Å². The monoisotopic (exact) mass is 383 g/mol. The highest BCUT2D eigenvalue weighted by atomic mass is 19.1. The summed E-state index contributed by atoms with van der Waals surface area (Å²) in [5.74, 6) is 0.488. The van der Waals surface area contributed by atoms with Crippen LogP contribution >= 0.6 is 0 Å². The largest absolute Gasteiger partial charge is 0.493 e. The number of nitrogens with zero attached hydrogens (tertiary/aromatic N) is 2. The third-order valence-corrected chi connectivity index (χ3v) is 4.90. The van der Waals surface area contributed by atoms with Crippen LogP contribution in [0.2, 0.25) is 0 Å². The Morgan fingerprint density at radius 1 is 1.18 bits per heavy atom. The van der Waals surface area contributed by atoms with Gasteiger partial charge in [-0.3, -0.25) is 4.79 Å². The summed E-state index contributed by atoms with van der Waals surface area (Å²) in [6.45, 7) is 1.14. The normalized spacial score (nSPS) is 14.3. The van der Waals surface area contributed by atoms with Crippen molar-refractivity contribution in [2.75, 3.05) is 32.6 Å². The summed E-state index contributed by atoms with van der Waals surface area (Å²) < 4.78 is 24.2. The van der Waals surface area contributed by atoms with Crippen molar-refractivity contribution in [3.63, 3.8) is 0 Å². The molecule has 1 aliphatic rings. The maximum absolute atomic E-state index is 13.7. The van der Waals surface area contributed by atoms with E-state index in [4.69, 9.17) is 14.7 Å². The molecule has 0 spiro atoms. The number of amides is 1. The van der Waals surface area contributed by atoms with Crippen molar-refractivity contribution in [2.45, 2.75) is 18.9 Å². The van der Waals surface area contributed by atoms with Crippen molar-refractivity contribution in [3.8, 4) is 17.6 Å². The van der Waals surface area contributed by atoms with Gasteiger partial charge in [-0.25, -0.2) is 4.39 Å². The number of hydrogen-bond donors (Lipinski definition) is 1. The molecule has 6 nitrogen and oxygen atoms in total. The summed E-state index contributed by atoms with van der Waals surface area (Å²) >= 11 is 0. The molecular weight excluding hydrogens is 361 g/mol. The second-order valence-corrected chi connectivity index (χ2v) is 6.55. The molecule has 0 radical (unpaired) electrons. The van der Waals surface area contributed by atoms with Gasteiger partial charge in [0.05, 0.1) is 19.9 Å². The number of rotatable bonds is 5. The van der Waals surface area contributed by atoms with Crippen LogP contribution in [-0.2, 0) is 0 Å². The number of anilines is 1. The number of hydrogen-bond acceptors (Lipinski definition) is 5. The third-order valence-electron chi connectivity index (χ3n) is 4.90. The second-order valence-electron chi connectivity index (χ2n) is 6.55. The Morgan fingerprint density at radius 2 is 1.89 bits per heavy atom. The number of ether oxygens (including phenoxy) is 2. The van der Waals surface area contributed by atoms with Gasteiger partial charge in [0, 0.05) is 24.7 Å². The van der Waals surface area contributed by atoms with Gasteiger partial charge in [-0.1, -0.05) is 6.07 Å². The highest BCUT2D eigenvalue weighted by Crippen LogP contribution is 2.29. The van der Waals surface area contributed by atoms with Crippen LogP contribution in [0.1, 0.15) is 28.8 Å². The predicted octanol–water partition coefficient (Wildman–Crippen LogP) is 3.43. The highest BCUT2D eigenvalue weighted by molar-refractivity contribution is 5.95. The summed E-state index contributed by atoms with van der Waals surface area (Å²) in [5.41, 5.74) is 1.06. The fourth-order valence-electron chi connectivity index (χ4n) is 3.36. The van der Waals surface area contributed by atoms with Crippen LogP contribution in [0.3, 0.4) is 0 Å². The molecule has 3 rings (SSSR count). The van der Waals surface area contributed by atoms with Gasteiger partial charge in [-0.15, -0.1) is 0 Å². The van der Waals surface area contributed by atoms with E-state index in [-0.39, 0.29) is 17.5 Å². The zero-order chi connectivity index (χ0) is 20.1. The fourth-order valence-corrected chi connectivity index (χ4v) is 3.36. The molecule has 2 aromatic rings. The smallest absolute Gasteiger partial charge is 0.253 e. The first-order chi connectivity index (χ1) is 13.6. The number of halogens is 1. The predicted molar refractivity (Wildman–Crippen MR) is 103 cm³/mol. The molecule has 28 heavy (non-hydrogen) atoms. The first kappa shape index (κ1) is 19.5. The van der Waals surface area contributed by atoms with Crippen LogP contribution in [0, 0.1) is 17.1 Å². The molecule has 0 atom stereocenters. The molecule has 0 aliphatic carbocycles. The van der Waals surface area contributed by atoms with Gasteiger partial charge in [-0.05, 0) is 43.2 Å². The molecule has 0 aromatic heterocycles. The molecule has 1 saturated heterocycles. The SMILES string of the molecule is COc1ccc(C(=O)N2CCC(Nc3cccc(F)c3C#N)CC2)cc1OC. The van der Waals surface area contributed by atoms with Crippen molar-refractivity contribution in [2.24, 2.45) is 0 Å². The van der Waals surface area contributed by atoms with E-state index in [1.807, 2.05) is 6.07 Å². The van der Waals surface area contributed by atoms with E-state index in [9.17, 15) is 9.18 Å². The van der Waals surface area contributed by atoms with E-state index in [0.29, 0.717) is 48.7 Å². The lowest BCUT2D eigenvalue weighted by atomic mass is 10.0. The van der Waals surface area contributed by atoms with Crippen LogP contribution in [0.15, 0.2) is 36.4 Å². The second kappa shape index (κ2) is 8.61. The van der Waals surface area contributed by atoms with E-state index in [0.717, 1.165) is 0 Å². The first-order valence-electron chi connectivity index (χ1n) is 9.03. The summed E-state index contributed by atoms with van der Waals surface area (Å²) in [7, 11) is 3.08. The molecule has 1 heterocycles. The Kier molecular flexibility index (Phi) is 5.99. The van der Waals surface area contributed by atoms with Gasteiger partial charge in [0.2, 0.25) is 0 Å². The molecule has 0 saturated carbocycles. The molecule has 1 fully saturated rings. The number of carbonyl (C=O) groups is 1. The summed E-state index contributed by atoms with van der Waals surface area (Å²) in [5, 5.41) is 12.4. The average molecular weight is 383 g/mol. The molecule has 2 aromatic carbocycles. The molecule has 7 heteroatoms.